The van der Waals surface area contributed by atoms with Crippen LogP contribution >= 0.6 is 11.6 Å². The largest absolute Gasteiger partial charge is 0.593 e. The standard InChI is InChI=1S/C8H5ClN2O/c9-8-7-4-2-1-3-6(7)5-10-11(8)12/h1-5H. The maximum atomic E-state index is 10.9. The van der Waals surface area contributed by atoms with Gasteiger partial charge in [-0.3, -0.25) is 0 Å². The van der Waals surface area contributed by atoms with E-state index in [0.29, 0.717) is 4.85 Å². The van der Waals surface area contributed by atoms with Crippen molar-refractivity contribution < 1.29 is 4.85 Å². The Hall–Kier alpha value is -1.35. The Labute approximate surface area is 73.8 Å². The van der Waals surface area contributed by atoms with Crippen LogP contribution in [0.1, 0.15) is 0 Å². The fraction of sp³-hybridized carbons (Fsp3) is 0. The first kappa shape index (κ1) is 7.31. The van der Waals surface area contributed by atoms with Crippen molar-refractivity contribution in [3.8, 4) is 0 Å². The fourth-order valence-corrected chi connectivity index (χ4v) is 1.28. The molecule has 0 bridgehead atoms. The maximum absolute atomic E-state index is 10.9. The molecule has 0 spiro atoms. The van der Waals surface area contributed by atoms with E-state index < -0.39 is 0 Å². The summed E-state index contributed by atoms with van der Waals surface area (Å²) >= 11 is 5.71. The van der Waals surface area contributed by atoms with Crippen LogP contribution in [0.25, 0.3) is 10.8 Å². The summed E-state index contributed by atoms with van der Waals surface area (Å²) in [6, 6.07) is 7.34. The zero-order chi connectivity index (χ0) is 8.55. The lowest BCUT2D eigenvalue weighted by Crippen LogP contribution is -2.31. The van der Waals surface area contributed by atoms with E-state index in [9.17, 15) is 5.21 Å². The molecule has 1 aromatic carbocycles. The molecule has 12 heavy (non-hydrogen) atoms. The molecule has 2 aromatic rings. The summed E-state index contributed by atoms with van der Waals surface area (Å²) in [5.74, 6) is 0. The van der Waals surface area contributed by atoms with Gasteiger partial charge >= 0.3 is 5.15 Å². The third-order valence-electron chi connectivity index (χ3n) is 1.65. The molecule has 4 heteroatoms. The molecule has 60 valence electrons. The summed E-state index contributed by atoms with van der Waals surface area (Å²) in [6.45, 7) is 0. The van der Waals surface area contributed by atoms with Crippen LogP contribution in [-0.4, -0.2) is 5.10 Å². The average molecular weight is 181 g/mol. The lowest BCUT2D eigenvalue weighted by atomic mass is 10.2. The van der Waals surface area contributed by atoms with E-state index in [-0.39, 0.29) is 5.15 Å². The molecule has 1 heterocycles. The van der Waals surface area contributed by atoms with Gasteiger partial charge in [0.05, 0.1) is 5.39 Å². The monoisotopic (exact) mass is 180 g/mol. The van der Waals surface area contributed by atoms with Crippen molar-refractivity contribution in [1.82, 2.24) is 5.10 Å². The number of benzene rings is 1. The Morgan fingerprint density at radius 2 is 2.08 bits per heavy atom. The summed E-state index contributed by atoms with van der Waals surface area (Å²) < 4.78 is 0. The second-order valence-electron chi connectivity index (χ2n) is 2.40. The predicted octanol–water partition coefficient (Wildman–Crippen LogP) is 1.52. The molecule has 0 N–H and O–H groups in total. The summed E-state index contributed by atoms with van der Waals surface area (Å²) in [5, 5.41) is 16.2. The SMILES string of the molecule is [O-][n+]1ncc2ccccc2c1Cl. The molecular formula is C8H5ClN2O. The molecule has 0 fully saturated rings. The Morgan fingerprint density at radius 1 is 1.33 bits per heavy atom. The second-order valence-corrected chi connectivity index (χ2v) is 2.75. The fourth-order valence-electron chi connectivity index (χ4n) is 1.07. The van der Waals surface area contributed by atoms with Gasteiger partial charge in [-0.1, -0.05) is 18.2 Å². The van der Waals surface area contributed by atoms with Gasteiger partial charge in [0.1, 0.15) is 6.20 Å². The summed E-state index contributed by atoms with van der Waals surface area (Å²) in [5.41, 5.74) is 0. The molecule has 0 unspecified atom stereocenters. The van der Waals surface area contributed by atoms with Crippen LogP contribution in [0.5, 0.6) is 0 Å². The summed E-state index contributed by atoms with van der Waals surface area (Å²) in [4.78, 5) is 0.407. The number of nitrogens with zero attached hydrogens (tertiary/aromatic N) is 2. The van der Waals surface area contributed by atoms with Gasteiger partial charge in [-0.05, 0) is 22.5 Å². The molecule has 2 rings (SSSR count). The molecule has 0 aliphatic heterocycles. The van der Waals surface area contributed by atoms with Crippen LogP contribution in [0.15, 0.2) is 30.5 Å². The highest BCUT2D eigenvalue weighted by molar-refractivity contribution is 6.33. The molecule has 0 aliphatic carbocycles. The molecule has 0 saturated heterocycles. The molecule has 1 aromatic heterocycles. The van der Waals surface area contributed by atoms with Gasteiger partial charge in [-0.25, -0.2) is 0 Å². The van der Waals surface area contributed by atoms with Gasteiger partial charge in [-0.2, -0.15) is 0 Å². The van der Waals surface area contributed by atoms with Crippen molar-refractivity contribution in [1.29, 1.82) is 0 Å². The highest BCUT2D eigenvalue weighted by Gasteiger charge is 2.07. The van der Waals surface area contributed by atoms with Gasteiger partial charge in [-0.15, -0.1) is 0 Å². The van der Waals surface area contributed by atoms with Crippen LogP contribution in [0.3, 0.4) is 0 Å². The van der Waals surface area contributed by atoms with Crippen molar-refractivity contribution in [2.24, 2.45) is 0 Å². The lowest BCUT2D eigenvalue weighted by Gasteiger charge is -1.98. The van der Waals surface area contributed by atoms with Gasteiger partial charge in [0.15, 0.2) is 0 Å². The van der Waals surface area contributed by atoms with E-state index in [4.69, 9.17) is 11.6 Å². The quantitative estimate of drug-likeness (QED) is 0.456. The van der Waals surface area contributed by atoms with Crippen LogP contribution in [0, 0.1) is 5.21 Å². The molecule has 0 atom stereocenters. The molecule has 0 saturated carbocycles. The maximum Gasteiger partial charge on any atom is 0.321 e. The number of hydrogen-bond donors (Lipinski definition) is 0. The normalized spacial score (nSPS) is 10.4. The summed E-state index contributed by atoms with van der Waals surface area (Å²) in [7, 11) is 0. The Balaban J connectivity index is 2.91. The smallest absolute Gasteiger partial charge is 0.321 e. The van der Waals surface area contributed by atoms with E-state index in [2.05, 4.69) is 5.10 Å². The van der Waals surface area contributed by atoms with E-state index in [1.807, 2.05) is 18.2 Å². The second kappa shape index (κ2) is 2.60. The zero-order valence-corrected chi connectivity index (χ0v) is 6.82. The van der Waals surface area contributed by atoms with Crippen molar-refractivity contribution in [3.05, 3.63) is 40.8 Å². The van der Waals surface area contributed by atoms with Crippen molar-refractivity contribution in [2.45, 2.75) is 0 Å². The minimum Gasteiger partial charge on any atom is -0.593 e. The highest BCUT2D eigenvalue weighted by atomic mass is 35.5. The molecule has 0 amide bonds. The van der Waals surface area contributed by atoms with Gasteiger partial charge in [0.2, 0.25) is 0 Å². The van der Waals surface area contributed by atoms with Gasteiger partial charge in [0, 0.05) is 10.5 Å². The number of aromatic nitrogens is 2. The van der Waals surface area contributed by atoms with Gasteiger partial charge < -0.3 is 5.21 Å². The number of rotatable bonds is 0. The lowest BCUT2D eigenvalue weighted by molar-refractivity contribution is -0.665. The van der Waals surface area contributed by atoms with Crippen LogP contribution in [-0.2, 0) is 0 Å². The Kier molecular flexibility index (Phi) is 1.59. The summed E-state index contributed by atoms with van der Waals surface area (Å²) in [6.07, 6.45) is 1.49. The Bertz CT molecular complexity index is 430. The number of hydrogen-bond acceptors (Lipinski definition) is 2. The first-order chi connectivity index (χ1) is 5.79. The number of fused-ring (bicyclic) bond motifs is 1. The van der Waals surface area contributed by atoms with Crippen molar-refractivity contribution in [3.63, 3.8) is 0 Å². The van der Waals surface area contributed by atoms with E-state index in [1.165, 1.54) is 6.20 Å². The zero-order valence-electron chi connectivity index (χ0n) is 6.07. The van der Waals surface area contributed by atoms with Crippen LogP contribution in [0.4, 0.5) is 0 Å². The number of halogens is 1. The Morgan fingerprint density at radius 3 is 2.92 bits per heavy atom. The van der Waals surface area contributed by atoms with Crippen molar-refractivity contribution in [2.75, 3.05) is 0 Å². The first-order valence-electron chi connectivity index (χ1n) is 3.42. The molecular weight excluding hydrogens is 176 g/mol. The average Bonchev–Trinajstić information content (AvgIpc) is 2.12. The topological polar surface area (TPSA) is 39.8 Å². The van der Waals surface area contributed by atoms with Crippen molar-refractivity contribution >= 4 is 22.4 Å². The molecule has 3 nitrogen and oxygen atoms in total. The van der Waals surface area contributed by atoms with Crippen LogP contribution < -0.4 is 4.85 Å². The molecule has 0 radical (unpaired) electrons. The molecule has 0 aliphatic rings. The minimum atomic E-state index is 0.119. The van der Waals surface area contributed by atoms with Crippen LogP contribution in [0.2, 0.25) is 5.15 Å². The van der Waals surface area contributed by atoms with E-state index in [1.54, 1.807) is 6.07 Å². The van der Waals surface area contributed by atoms with E-state index in [0.717, 1.165) is 10.8 Å². The highest BCUT2D eigenvalue weighted by Crippen LogP contribution is 2.17. The third kappa shape index (κ3) is 0.987. The third-order valence-corrected chi connectivity index (χ3v) is 2.00. The van der Waals surface area contributed by atoms with Gasteiger partial charge in [0.25, 0.3) is 0 Å². The minimum absolute atomic E-state index is 0.119. The first-order valence-corrected chi connectivity index (χ1v) is 3.80. The van der Waals surface area contributed by atoms with E-state index >= 15 is 0 Å². The predicted molar refractivity (Wildman–Crippen MR) is 45.7 cm³/mol.